The van der Waals surface area contributed by atoms with Crippen LogP contribution in [0.25, 0.3) is 10.2 Å². The maximum Gasteiger partial charge on any atom is 0.349 e. The average molecular weight is 405 g/mol. The van der Waals surface area contributed by atoms with Gasteiger partial charge in [-0.15, -0.1) is 11.3 Å². The van der Waals surface area contributed by atoms with Crippen molar-refractivity contribution in [3.8, 4) is 0 Å². The van der Waals surface area contributed by atoms with E-state index in [4.69, 9.17) is 9.47 Å². The van der Waals surface area contributed by atoms with E-state index in [0.717, 1.165) is 30.0 Å². The summed E-state index contributed by atoms with van der Waals surface area (Å²) in [5, 5.41) is 0.477. The Morgan fingerprint density at radius 2 is 2.00 bits per heavy atom. The van der Waals surface area contributed by atoms with Crippen molar-refractivity contribution in [3.05, 3.63) is 26.6 Å². The standard InChI is InChI=1S/C19H23N3O5S/c1-10-7-21(8-11(2)27-10)14(23)9-26-19(25)16-12(3)15-17(28-16)20-13-5-4-6-22(13)18(15)24/h10-11H,4-9H2,1-3H3/t10-,11-/m1/s1. The third-order valence-electron chi connectivity index (χ3n) is 5.20. The lowest BCUT2D eigenvalue weighted by molar-refractivity contribution is -0.146. The largest absolute Gasteiger partial charge is 0.451 e. The molecule has 0 saturated carbocycles. The molecule has 8 nitrogen and oxygen atoms in total. The average Bonchev–Trinajstić information content (AvgIpc) is 3.24. The first-order valence-electron chi connectivity index (χ1n) is 9.48. The summed E-state index contributed by atoms with van der Waals surface area (Å²) in [4.78, 5) is 44.8. The molecule has 1 amide bonds. The molecule has 4 heterocycles. The zero-order valence-electron chi connectivity index (χ0n) is 16.2. The summed E-state index contributed by atoms with van der Waals surface area (Å²) >= 11 is 1.16. The predicted molar refractivity (Wildman–Crippen MR) is 104 cm³/mol. The van der Waals surface area contributed by atoms with Gasteiger partial charge < -0.3 is 14.4 Å². The highest BCUT2D eigenvalue weighted by molar-refractivity contribution is 7.20. The first-order valence-corrected chi connectivity index (χ1v) is 10.3. The Bertz CT molecular complexity index is 1000. The van der Waals surface area contributed by atoms with Crippen LogP contribution in [0, 0.1) is 6.92 Å². The number of carbonyl (C=O) groups excluding carboxylic acids is 2. The lowest BCUT2D eigenvalue weighted by atomic mass is 10.2. The van der Waals surface area contributed by atoms with Crippen molar-refractivity contribution in [2.24, 2.45) is 0 Å². The van der Waals surface area contributed by atoms with Gasteiger partial charge in [0.25, 0.3) is 11.5 Å². The van der Waals surface area contributed by atoms with Crippen LogP contribution in [0.5, 0.6) is 0 Å². The lowest BCUT2D eigenvalue weighted by Gasteiger charge is -2.35. The van der Waals surface area contributed by atoms with Crippen molar-refractivity contribution in [1.82, 2.24) is 14.5 Å². The molecule has 2 atom stereocenters. The molecule has 2 aliphatic rings. The molecule has 9 heteroatoms. The maximum absolute atomic E-state index is 12.7. The zero-order valence-corrected chi connectivity index (χ0v) is 17.0. The molecule has 0 N–H and O–H groups in total. The van der Waals surface area contributed by atoms with Crippen LogP contribution in [-0.2, 0) is 27.2 Å². The number of aryl methyl sites for hydroxylation is 2. The van der Waals surface area contributed by atoms with E-state index in [0.29, 0.717) is 40.3 Å². The number of esters is 1. The minimum absolute atomic E-state index is 0.0470. The number of nitrogens with zero attached hydrogens (tertiary/aromatic N) is 3. The van der Waals surface area contributed by atoms with E-state index in [1.165, 1.54) is 0 Å². The number of ether oxygens (including phenoxy) is 2. The number of amides is 1. The number of hydrogen-bond donors (Lipinski definition) is 0. The number of carbonyl (C=O) groups is 2. The normalized spacial score (nSPS) is 21.8. The SMILES string of the molecule is Cc1c(C(=O)OCC(=O)N2C[C@@H](C)O[C@H](C)C2)sc2nc3n(c(=O)c12)CCC3. The second-order valence-electron chi connectivity index (χ2n) is 7.46. The molecule has 28 heavy (non-hydrogen) atoms. The molecule has 2 aromatic rings. The van der Waals surface area contributed by atoms with Crippen molar-refractivity contribution < 1.29 is 19.1 Å². The molecule has 0 unspecified atom stereocenters. The third kappa shape index (κ3) is 3.33. The summed E-state index contributed by atoms with van der Waals surface area (Å²) in [5.41, 5.74) is 0.475. The molecule has 2 aliphatic heterocycles. The molecular formula is C19H23N3O5S. The summed E-state index contributed by atoms with van der Waals surface area (Å²) < 4.78 is 12.6. The Kier molecular flexibility index (Phi) is 4.96. The molecular weight excluding hydrogens is 382 g/mol. The smallest absolute Gasteiger partial charge is 0.349 e. The first-order chi connectivity index (χ1) is 13.3. The summed E-state index contributed by atoms with van der Waals surface area (Å²) in [6, 6.07) is 0. The van der Waals surface area contributed by atoms with Crippen LogP contribution in [0.3, 0.4) is 0 Å². The van der Waals surface area contributed by atoms with Gasteiger partial charge in [0, 0.05) is 26.1 Å². The molecule has 2 aromatic heterocycles. The van der Waals surface area contributed by atoms with Gasteiger partial charge in [0.2, 0.25) is 0 Å². The van der Waals surface area contributed by atoms with Gasteiger partial charge in [0.15, 0.2) is 6.61 Å². The molecule has 0 spiro atoms. The quantitative estimate of drug-likeness (QED) is 0.719. The molecule has 150 valence electrons. The minimum Gasteiger partial charge on any atom is -0.451 e. The summed E-state index contributed by atoms with van der Waals surface area (Å²) in [7, 11) is 0. The number of thiophene rings is 1. The van der Waals surface area contributed by atoms with Crippen molar-refractivity contribution >= 4 is 33.4 Å². The van der Waals surface area contributed by atoms with Crippen LogP contribution in [0.1, 0.15) is 41.3 Å². The summed E-state index contributed by atoms with van der Waals surface area (Å²) in [6.07, 6.45) is 1.59. The second-order valence-corrected chi connectivity index (χ2v) is 8.46. The fourth-order valence-corrected chi connectivity index (χ4v) is 5.02. The molecule has 4 rings (SSSR count). The van der Waals surface area contributed by atoms with Crippen molar-refractivity contribution in [3.63, 3.8) is 0 Å². The van der Waals surface area contributed by atoms with Gasteiger partial charge >= 0.3 is 5.97 Å². The van der Waals surface area contributed by atoms with E-state index in [-0.39, 0.29) is 30.3 Å². The van der Waals surface area contributed by atoms with Crippen molar-refractivity contribution in [1.29, 1.82) is 0 Å². The van der Waals surface area contributed by atoms with Crippen molar-refractivity contribution in [2.75, 3.05) is 19.7 Å². The predicted octanol–water partition coefficient (Wildman–Crippen LogP) is 1.51. The summed E-state index contributed by atoms with van der Waals surface area (Å²) in [5.74, 6) is -0.0662. The van der Waals surface area contributed by atoms with Gasteiger partial charge in [0.1, 0.15) is 15.5 Å². The molecule has 0 bridgehead atoms. The highest BCUT2D eigenvalue weighted by Gasteiger charge is 2.28. The fourth-order valence-electron chi connectivity index (χ4n) is 3.94. The Balaban J connectivity index is 1.50. The van der Waals surface area contributed by atoms with E-state index in [2.05, 4.69) is 4.98 Å². The Labute approximate surface area is 166 Å². The number of hydrogen-bond acceptors (Lipinski definition) is 7. The summed E-state index contributed by atoms with van der Waals surface area (Å²) in [6.45, 7) is 6.85. The van der Waals surface area contributed by atoms with Gasteiger partial charge in [-0.05, 0) is 32.8 Å². The highest BCUT2D eigenvalue weighted by atomic mass is 32.1. The monoisotopic (exact) mass is 405 g/mol. The first kappa shape index (κ1) is 19.1. The van der Waals surface area contributed by atoms with Gasteiger partial charge in [0.05, 0.1) is 17.6 Å². The maximum atomic E-state index is 12.7. The number of fused-ring (bicyclic) bond motifs is 2. The van der Waals surface area contributed by atoms with Crippen LogP contribution in [0.4, 0.5) is 0 Å². The number of rotatable bonds is 3. The molecule has 1 fully saturated rings. The van der Waals surface area contributed by atoms with E-state index < -0.39 is 5.97 Å². The van der Waals surface area contributed by atoms with Crippen LogP contribution < -0.4 is 5.56 Å². The Morgan fingerprint density at radius 3 is 2.71 bits per heavy atom. The minimum atomic E-state index is -0.590. The zero-order chi connectivity index (χ0) is 20.0. The van der Waals surface area contributed by atoms with E-state index >= 15 is 0 Å². The van der Waals surface area contributed by atoms with Crippen LogP contribution in [0.2, 0.25) is 0 Å². The lowest BCUT2D eigenvalue weighted by Crippen LogP contribution is -2.49. The highest BCUT2D eigenvalue weighted by Crippen LogP contribution is 2.29. The molecule has 1 saturated heterocycles. The second kappa shape index (κ2) is 7.29. The number of aromatic nitrogens is 2. The van der Waals surface area contributed by atoms with Gasteiger partial charge in [-0.3, -0.25) is 14.2 Å². The van der Waals surface area contributed by atoms with Gasteiger partial charge in [-0.2, -0.15) is 0 Å². The topological polar surface area (TPSA) is 90.7 Å². The third-order valence-corrected chi connectivity index (χ3v) is 6.36. The van der Waals surface area contributed by atoms with Crippen LogP contribution in [0.15, 0.2) is 4.79 Å². The van der Waals surface area contributed by atoms with Crippen molar-refractivity contribution in [2.45, 2.75) is 52.4 Å². The van der Waals surface area contributed by atoms with Crippen LogP contribution in [-0.4, -0.2) is 58.2 Å². The van der Waals surface area contributed by atoms with Gasteiger partial charge in [-0.1, -0.05) is 0 Å². The Morgan fingerprint density at radius 1 is 1.29 bits per heavy atom. The van der Waals surface area contributed by atoms with E-state index in [9.17, 15) is 14.4 Å². The number of morpholine rings is 1. The molecule has 0 aliphatic carbocycles. The van der Waals surface area contributed by atoms with E-state index in [1.54, 1.807) is 16.4 Å². The van der Waals surface area contributed by atoms with E-state index in [1.807, 2.05) is 13.8 Å². The van der Waals surface area contributed by atoms with Crippen LogP contribution >= 0.6 is 11.3 Å². The van der Waals surface area contributed by atoms with Gasteiger partial charge in [-0.25, -0.2) is 9.78 Å². The molecule has 0 radical (unpaired) electrons. The Hall–Kier alpha value is -2.26. The molecule has 0 aromatic carbocycles. The fraction of sp³-hybridized carbons (Fsp3) is 0.579.